The Morgan fingerprint density at radius 2 is 2.08 bits per heavy atom. The van der Waals surface area contributed by atoms with Gasteiger partial charge in [-0.15, -0.1) is 0 Å². The molecular formula is C8H14N2O3. The molecule has 1 aromatic heterocycles. The molecule has 0 aliphatic heterocycles. The fourth-order valence-corrected chi connectivity index (χ4v) is 0.775. The van der Waals surface area contributed by atoms with Gasteiger partial charge in [0, 0.05) is 0 Å². The number of rotatable bonds is 1. The Hall–Kier alpha value is -1.52. The van der Waals surface area contributed by atoms with Gasteiger partial charge in [0.25, 0.3) is 0 Å². The first-order valence-electron chi connectivity index (χ1n) is 3.86. The Bertz CT molecular complexity index is 264. The normalized spacial score (nSPS) is 9.23. The van der Waals surface area contributed by atoms with E-state index in [1.54, 1.807) is 0 Å². The monoisotopic (exact) mass is 186 g/mol. The van der Waals surface area contributed by atoms with Gasteiger partial charge in [0.15, 0.2) is 0 Å². The van der Waals surface area contributed by atoms with E-state index in [2.05, 4.69) is 30.9 Å². The number of aryl methyl sites for hydroxylation is 1. The molecular weight excluding hydrogens is 172 g/mol. The van der Waals surface area contributed by atoms with Crippen molar-refractivity contribution in [1.29, 1.82) is 0 Å². The van der Waals surface area contributed by atoms with Crippen LogP contribution in [0.3, 0.4) is 0 Å². The maximum absolute atomic E-state index is 8.44. The van der Waals surface area contributed by atoms with Crippen LogP contribution in [0.4, 0.5) is 4.79 Å². The number of carbonyl (C=O) groups is 1. The van der Waals surface area contributed by atoms with Crippen molar-refractivity contribution in [1.82, 2.24) is 4.57 Å². The van der Waals surface area contributed by atoms with Crippen LogP contribution in [-0.4, -0.2) is 15.8 Å². The molecule has 0 radical (unpaired) electrons. The third kappa shape index (κ3) is 5.72. The van der Waals surface area contributed by atoms with Gasteiger partial charge in [0.1, 0.15) is 12.4 Å². The summed E-state index contributed by atoms with van der Waals surface area (Å²) in [7, 11) is 2.03. The summed E-state index contributed by atoms with van der Waals surface area (Å²) in [5.74, 6) is 0. The second kappa shape index (κ2) is 5.18. The predicted molar refractivity (Wildman–Crippen MR) is 44.0 cm³/mol. The molecule has 0 aliphatic rings. The molecule has 1 rings (SSSR count). The molecule has 13 heavy (non-hydrogen) atoms. The number of imidazole rings is 1. The minimum Gasteiger partial charge on any atom is -0.565 e. The number of aromatic nitrogens is 2. The van der Waals surface area contributed by atoms with E-state index >= 15 is 0 Å². The maximum atomic E-state index is 8.44. The number of hydrogen-bond donors (Lipinski definition) is 1. The Labute approximate surface area is 76.9 Å². The van der Waals surface area contributed by atoms with Gasteiger partial charge < -0.3 is 15.0 Å². The minimum atomic E-state index is -2.08. The standard InChI is InChI=1S/C7H13N2.CH2O3/c1-7(2)9-5-4-8(3)6-9;2-1(3)4/h4-7H,1-3H3;(H2,2,3,4)/q+1;/p-1. The molecule has 0 saturated heterocycles. The van der Waals surface area contributed by atoms with Crippen molar-refractivity contribution in [2.45, 2.75) is 19.9 Å². The van der Waals surface area contributed by atoms with Crippen LogP contribution in [0.1, 0.15) is 19.9 Å². The molecule has 0 amide bonds. The Balaban J connectivity index is 0.000000310. The number of hydrogen-bond acceptors (Lipinski definition) is 2. The molecule has 5 heteroatoms. The molecule has 0 aromatic carbocycles. The summed E-state index contributed by atoms with van der Waals surface area (Å²) in [5.41, 5.74) is 0. The highest BCUT2D eigenvalue weighted by Gasteiger charge is 2.01. The van der Waals surface area contributed by atoms with E-state index in [1.807, 2.05) is 17.8 Å². The Morgan fingerprint density at radius 1 is 1.62 bits per heavy atom. The molecule has 5 nitrogen and oxygen atoms in total. The van der Waals surface area contributed by atoms with Crippen molar-refractivity contribution in [2.24, 2.45) is 7.05 Å². The van der Waals surface area contributed by atoms with Crippen molar-refractivity contribution in [3.63, 3.8) is 0 Å². The quantitative estimate of drug-likeness (QED) is 0.616. The Morgan fingerprint density at radius 3 is 2.23 bits per heavy atom. The highest BCUT2D eigenvalue weighted by molar-refractivity contribution is 5.50. The summed E-state index contributed by atoms with van der Waals surface area (Å²) < 4.78 is 4.21. The van der Waals surface area contributed by atoms with Crippen LogP contribution >= 0.6 is 0 Å². The van der Waals surface area contributed by atoms with Crippen molar-refractivity contribution in [3.05, 3.63) is 18.7 Å². The average molecular weight is 186 g/mol. The molecule has 1 aromatic rings. The van der Waals surface area contributed by atoms with Crippen molar-refractivity contribution < 1.29 is 19.6 Å². The Kier molecular flexibility index (Phi) is 4.58. The zero-order valence-electron chi connectivity index (χ0n) is 7.97. The fourth-order valence-electron chi connectivity index (χ4n) is 0.775. The van der Waals surface area contributed by atoms with Gasteiger partial charge in [-0.25, -0.2) is 9.13 Å². The summed E-state index contributed by atoms with van der Waals surface area (Å²) >= 11 is 0. The van der Waals surface area contributed by atoms with Gasteiger partial charge >= 0.3 is 0 Å². The van der Waals surface area contributed by atoms with Crippen LogP contribution < -0.4 is 9.67 Å². The van der Waals surface area contributed by atoms with Crippen LogP contribution in [0, 0.1) is 0 Å². The van der Waals surface area contributed by atoms with Crippen LogP contribution in [0.25, 0.3) is 0 Å². The van der Waals surface area contributed by atoms with Gasteiger partial charge in [-0.1, -0.05) is 0 Å². The molecule has 0 atom stereocenters. The van der Waals surface area contributed by atoms with Crippen molar-refractivity contribution >= 4 is 6.16 Å². The van der Waals surface area contributed by atoms with Crippen LogP contribution in [0.15, 0.2) is 18.7 Å². The van der Waals surface area contributed by atoms with E-state index in [-0.39, 0.29) is 0 Å². The SMILES string of the molecule is CC(C)[n+]1ccn(C)c1.O=C([O-])O. The minimum absolute atomic E-state index is 0.575. The third-order valence-corrected chi connectivity index (χ3v) is 1.39. The van der Waals surface area contributed by atoms with Gasteiger partial charge in [0.05, 0.1) is 13.1 Å². The third-order valence-electron chi connectivity index (χ3n) is 1.39. The second-order valence-electron chi connectivity index (χ2n) is 2.89. The smallest absolute Gasteiger partial charge is 0.249 e. The van der Waals surface area contributed by atoms with Gasteiger partial charge in [-0.3, -0.25) is 0 Å². The lowest BCUT2D eigenvalue weighted by atomic mass is 10.4. The van der Waals surface area contributed by atoms with E-state index in [0.29, 0.717) is 6.04 Å². The van der Waals surface area contributed by atoms with E-state index in [4.69, 9.17) is 15.0 Å². The van der Waals surface area contributed by atoms with Gasteiger partial charge in [0.2, 0.25) is 12.5 Å². The zero-order chi connectivity index (χ0) is 10.4. The van der Waals surface area contributed by atoms with Crippen LogP contribution in [0.2, 0.25) is 0 Å². The molecule has 0 aliphatic carbocycles. The lowest BCUT2D eigenvalue weighted by Gasteiger charge is -1.95. The van der Waals surface area contributed by atoms with Crippen molar-refractivity contribution in [2.75, 3.05) is 0 Å². The van der Waals surface area contributed by atoms with E-state index in [1.165, 1.54) is 0 Å². The molecule has 0 spiro atoms. The molecule has 0 unspecified atom stereocenters. The lowest BCUT2D eigenvalue weighted by molar-refractivity contribution is -0.715. The first-order valence-corrected chi connectivity index (χ1v) is 3.86. The van der Waals surface area contributed by atoms with Crippen molar-refractivity contribution in [3.8, 4) is 0 Å². The number of carboxylic acid groups (broad SMARTS) is 2. The number of nitrogens with zero attached hydrogens (tertiary/aromatic N) is 2. The zero-order valence-corrected chi connectivity index (χ0v) is 7.97. The average Bonchev–Trinajstić information content (AvgIpc) is 2.34. The second-order valence-corrected chi connectivity index (χ2v) is 2.89. The summed E-state index contributed by atoms with van der Waals surface area (Å²) in [6, 6.07) is 0.575. The first-order chi connectivity index (χ1) is 5.93. The van der Waals surface area contributed by atoms with Crippen LogP contribution in [0.5, 0.6) is 0 Å². The fraction of sp³-hybridized carbons (Fsp3) is 0.500. The van der Waals surface area contributed by atoms with E-state index in [0.717, 1.165) is 0 Å². The first kappa shape index (κ1) is 11.5. The summed E-state index contributed by atoms with van der Waals surface area (Å²) in [4.78, 5) is 8.44. The summed E-state index contributed by atoms with van der Waals surface area (Å²) in [6.07, 6.45) is 4.11. The molecule has 0 fully saturated rings. The largest absolute Gasteiger partial charge is 0.565 e. The van der Waals surface area contributed by atoms with Gasteiger partial charge in [-0.2, -0.15) is 0 Å². The molecule has 1 heterocycles. The summed E-state index contributed by atoms with van der Waals surface area (Å²) in [6.45, 7) is 4.33. The van der Waals surface area contributed by atoms with E-state index in [9.17, 15) is 0 Å². The molecule has 74 valence electrons. The topological polar surface area (TPSA) is 69.2 Å². The highest BCUT2D eigenvalue weighted by Crippen LogP contribution is 1.89. The predicted octanol–water partition coefficient (Wildman–Crippen LogP) is -0.219. The maximum Gasteiger partial charge on any atom is 0.249 e. The summed E-state index contributed by atoms with van der Waals surface area (Å²) in [5, 5.41) is 15.3. The van der Waals surface area contributed by atoms with E-state index < -0.39 is 6.16 Å². The highest BCUT2D eigenvalue weighted by atomic mass is 16.6. The van der Waals surface area contributed by atoms with Crippen LogP contribution in [-0.2, 0) is 7.05 Å². The molecule has 1 N–H and O–H groups in total. The molecule has 0 bridgehead atoms. The lowest BCUT2D eigenvalue weighted by Crippen LogP contribution is -2.33. The van der Waals surface area contributed by atoms with Gasteiger partial charge in [-0.05, 0) is 13.8 Å². The molecule has 0 saturated carbocycles.